The van der Waals surface area contributed by atoms with E-state index in [1.54, 1.807) is 20.8 Å². The van der Waals surface area contributed by atoms with Gasteiger partial charge in [0.15, 0.2) is 0 Å². The van der Waals surface area contributed by atoms with Gasteiger partial charge in [0.1, 0.15) is 13.2 Å². The molecule has 0 aromatic rings. The summed E-state index contributed by atoms with van der Waals surface area (Å²) >= 11 is 0. The molecule has 0 bridgehead atoms. The Morgan fingerprint density at radius 1 is 0.917 bits per heavy atom. The summed E-state index contributed by atoms with van der Waals surface area (Å²) in [4.78, 5) is 23.2. The molecule has 0 aliphatic heterocycles. The molecule has 7 nitrogen and oxygen atoms in total. The van der Waals surface area contributed by atoms with Crippen molar-refractivity contribution >= 4 is 11.9 Å². The molecule has 0 heterocycles. The van der Waals surface area contributed by atoms with Gasteiger partial charge in [0.25, 0.3) is 0 Å². The van der Waals surface area contributed by atoms with E-state index in [0.29, 0.717) is 25.7 Å². The maximum Gasteiger partial charge on any atom is 0.305 e. The summed E-state index contributed by atoms with van der Waals surface area (Å²) < 4.78 is 10.2. The summed E-state index contributed by atoms with van der Waals surface area (Å²) in [6.07, 6.45) is 1.61. The van der Waals surface area contributed by atoms with Crippen LogP contribution in [-0.4, -0.2) is 59.3 Å². The minimum Gasteiger partial charge on any atom is -0.465 e. The Bertz CT molecular complexity index is 336. The lowest BCUT2D eigenvalue weighted by molar-refractivity contribution is -0.155. The van der Waals surface area contributed by atoms with Gasteiger partial charge < -0.3 is 24.8 Å². The number of aliphatic hydroxyl groups is 3. The molecule has 0 amide bonds. The second-order valence-corrected chi connectivity index (χ2v) is 6.77. The maximum atomic E-state index is 11.6. The van der Waals surface area contributed by atoms with Crippen molar-refractivity contribution in [2.75, 3.05) is 19.8 Å². The first-order valence-electron chi connectivity index (χ1n) is 8.47. The average molecular weight is 348 g/mol. The fraction of sp³-hybridized carbons (Fsp3) is 0.882. The van der Waals surface area contributed by atoms with Crippen molar-refractivity contribution in [2.45, 2.75) is 71.5 Å². The number of esters is 2. The Morgan fingerprint density at radius 2 is 1.29 bits per heavy atom. The zero-order chi connectivity index (χ0) is 18.6. The van der Waals surface area contributed by atoms with Crippen LogP contribution in [0.15, 0.2) is 0 Å². The third-order valence-electron chi connectivity index (χ3n) is 3.55. The number of hydrogen-bond donors (Lipinski definition) is 3. The summed E-state index contributed by atoms with van der Waals surface area (Å²) in [5, 5.41) is 27.7. The first-order chi connectivity index (χ1) is 11.2. The van der Waals surface area contributed by atoms with Gasteiger partial charge in [-0.25, -0.2) is 0 Å². The van der Waals surface area contributed by atoms with Crippen LogP contribution in [0.1, 0.15) is 59.3 Å². The first-order valence-corrected chi connectivity index (χ1v) is 8.47. The zero-order valence-corrected chi connectivity index (χ0v) is 15.0. The first kappa shape index (κ1) is 22.8. The van der Waals surface area contributed by atoms with E-state index >= 15 is 0 Å². The Labute approximate surface area is 144 Å². The molecule has 0 saturated carbocycles. The molecule has 24 heavy (non-hydrogen) atoms. The van der Waals surface area contributed by atoms with E-state index in [1.807, 2.05) is 0 Å². The standard InChI is InChI=1S/C17H32O7/c1-13(19)6-4-8-15(21)23-11-17(3,10-18)12-24-16(22)9-5-7-14(2)20/h13-14,18-20H,4-12H2,1-3H3. The Hall–Kier alpha value is -1.18. The van der Waals surface area contributed by atoms with Crippen LogP contribution in [0.25, 0.3) is 0 Å². The van der Waals surface area contributed by atoms with Gasteiger partial charge in [-0.2, -0.15) is 0 Å². The third-order valence-corrected chi connectivity index (χ3v) is 3.55. The Kier molecular flexibility index (Phi) is 11.6. The highest BCUT2D eigenvalue weighted by molar-refractivity contribution is 5.69. The fourth-order valence-corrected chi connectivity index (χ4v) is 1.87. The predicted octanol–water partition coefficient (Wildman–Crippen LogP) is 1.17. The number of ether oxygens (including phenoxy) is 2. The normalized spacial score (nSPS) is 16.1. The highest BCUT2D eigenvalue weighted by Crippen LogP contribution is 2.18. The second-order valence-electron chi connectivity index (χ2n) is 6.77. The lowest BCUT2D eigenvalue weighted by Gasteiger charge is -2.26. The maximum absolute atomic E-state index is 11.6. The van der Waals surface area contributed by atoms with Crippen LogP contribution in [0, 0.1) is 5.41 Å². The molecule has 2 atom stereocenters. The van der Waals surface area contributed by atoms with Gasteiger partial charge in [0.05, 0.1) is 24.2 Å². The summed E-state index contributed by atoms with van der Waals surface area (Å²) in [5.74, 6) is -0.808. The van der Waals surface area contributed by atoms with E-state index in [0.717, 1.165) is 0 Å². The molecule has 7 heteroatoms. The SMILES string of the molecule is CC(O)CCCC(=O)OCC(C)(CO)COC(=O)CCCC(C)O. The zero-order valence-electron chi connectivity index (χ0n) is 15.0. The van der Waals surface area contributed by atoms with Gasteiger partial charge in [-0.15, -0.1) is 0 Å². The van der Waals surface area contributed by atoms with Crippen LogP contribution in [0.4, 0.5) is 0 Å². The van der Waals surface area contributed by atoms with Crippen LogP contribution in [0.3, 0.4) is 0 Å². The van der Waals surface area contributed by atoms with Crippen molar-refractivity contribution in [3.63, 3.8) is 0 Å². The van der Waals surface area contributed by atoms with Crippen LogP contribution < -0.4 is 0 Å². The van der Waals surface area contributed by atoms with E-state index in [-0.39, 0.29) is 32.7 Å². The molecule has 0 aliphatic rings. The highest BCUT2D eigenvalue weighted by atomic mass is 16.5. The van der Waals surface area contributed by atoms with Crippen LogP contribution >= 0.6 is 0 Å². The lowest BCUT2D eigenvalue weighted by Crippen LogP contribution is -2.35. The van der Waals surface area contributed by atoms with E-state index in [4.69, 9.17) is 19.7 Å². The predicted molar refractivity (Wildman–Crippen MR) is 88.2 cm³/mol. The van der Waals surface area contributed by atoms with Gasteiger partial charge >= 0.3 is 11.9 Å². The van der Waals surface area contributed by atoms with E-state index < -0.39 is 29.6 Å². The number of rotatable bonds is 13. The summed E-state index contributed by atoms with van der Waals surface area (Å²) in [7, 11) is 0. The van der Waals surface area contributed by atoms with E-state index in [9.17, 15) is 14.7 Å². The average Bonchev–Trinajstić information content (AvgIpc) is 2.50. The fourth-order valence-electron chi connectivity index (χ4n) is 1.87. The topological polar surface area (TPSA) is 113 Å². The second kappa shape index (κ2) is 12.2. The third kappa shape index (κ3) is 12.3. The van der Waals surface area contributed by atoms with E-state index in [1.165, 1.54) is 0 Å². The molecule has 0 radical (unpaired) electrons. The van der Waals surface area contributed by atoms with Crippen molar-refractivity contribution in [3.8, 4) is 0 Å². The van der Waals surface area contributed by atoms with Gasteiger partial charge in [-0.1, -0.05) is 6.92 Å². The van der Waals surface area contributed by atoms with Gasteiger partial charge in [-0.05, 0) is 39.5 Å². The minimum absolute atomic E-state index is 0.0437. The minimum atomic E-state index is -0.847. The largest absolute Gasteiger partial charge is 0.465 e. The van der Waals surface area contributed by atoms with Crippen molar-refractivity contribution in [1.82, 2.24) is 0 Å². The van der Waals surface area contributed by atoms with Gasteiger partial charge in [0, 0.05) is 12.8 Å². The van der Waals surface area contributed by atoms with Crippen LogP contribution in [0.5, 0.6) is 0 Å². The van der Waals surface area contributed by atoms with Crippen LogP contribution in [0.2, 0.25) is 0 Å². The Balaban J connectivity index is 4.06. The van der Waals surface area contributed by atoms with Crippen molar-refractivity contribution < 1.29 is 34.4 Å². The van der Waals surface area contributed by atoms with Crippen LogP contribution in [-0.2, 0) is 19.1 Å². The molecular formula is C17H32O7. The molecule has 0 saturated heterocycles. The molecular weight excluding hydrogens is 316 g/mol. The number of aliphatic hydroxyl groups excluding tert-OH is 3. The molecule has 0 aromatic heterocycles. The lowest BCUT2D eigenvalue weighted by atomic mass is 9.94. The molecule has 0 aromatic carbocycles. The van der Waals surface area contributed by atoms with E-state index in [2.05, 4.69) is 0 Å². The molecule has 142 valence electrons. The summed E-state index contributed by atoms with van der Waals surface area (Å²) in [6, 6.07) is 0. The quantitative estimate of drug-likeness (QED) is 0.428. The molecule has 0 spiro atoms. The smallest absolute Gasteiger partial charge is 0.305 e. The van der Waals surface area contributed by atoms with Crippen molar-refractivity contribution in [3.05, 3.63) is 0 Å². The van der Waals surface area contributed by atoms with Crippen molar-refractivity contribution in [1.29, 1.82) is 0 Å². The molecule has 2 unspecified atom stereocenters. The van der Waals surface area contributed by atoms with Crippen molar-refractivity contribution in [2.24, 2.45) is 5.41 Å². The molecule has 0 fully saturated rings. The van der Waals surface area contributed by atoms with Gasteiger partial charge in [-0.3, -0.25) is 9.59 Å². The molecule has 0 aliphatic carbocycles. The molecule has 3 N–H and O–H groups in total. The summed E-state index contributed by atoms with van der Waals surface area (Å²) in [6.45, 7) is 4.61. The number of carbonyl (C=O) groups excluding carboxylic acids is 2. The monoisotopic (exact) mass is 348 g/mol. The Morgan fingerprint density at radius 3 is 1.58 bits per heavy atom. The highest BCUT2D eigenvalue weighted by Gasteiger charge is 2.27. The number of hydrogen-bond acceptors (Lipinski definition) is 7. The summed E-state index contributed by atoms with van der Waals surface area (Å²) in [5.41, 5.74) is -0.847. The number of carbonyl (C=O) groups is 2. The van der Waals surface area contributed by atoms with Gasteiger partial charge in [0.2, 0.25) is 0 Å². The molecule has 0 rings (SSSR count).